The SMILES string of the molecule is CCC1CCC(C(CSc2ccccc2C)NC)CC1. The largest absolute Gasteiger partial charge is 0.316 e. The van der Waals surface area contributed by atoms with E-state index in [1.807, 2.05) is 11.8 Å². The summed E-state index contributed by atoms with van der Waals surface area (Å²) in [5.74, 6) is 3.06. The van der Waals surface area contributed by atoms with Gasteiger partial charge in [0.15, 0.2) is 0 Å². The highest BCUT2D eigenvalue weighted by Crippen LogP contribution is 2.34. The molecule has 1 aliphatic rings. The van der Waals surface area contributed by atoms with Gasteiger partial charge in [-0.2, -0.15) is 0 Å². The van der Waals surface area contributed by atoms with Gasteiger partial charge >= 0.3 is 0 Å². The Morgan fingerprint density at radius 3 is 2.50 bits per heavy atom. The number of hydrogen-bond donors (Lipinski definition) is 1. The fourth-order valence-corrected chi connectivity index (χ4v) is 4.62. The number of rotatable bonds is 6. The van der Waals surface area contributed by atoms with Crippen LogP contribution < -0.4 is 5.32 Å². The Morgan fingerprint density at radius 2 is 1.90 bits per heavy atom. The average molecular weight is 292 g/mol. The van der Waals surface area contributed by atoms with E-state index < -0.39 is 0 Å². The molecule has 2 rings (SSSR count). The van der Waals surface area contributed by atoms with Gasteiger partial charge < -0.3 is 5.32 Å². The van der Waals surface area contributed by atoms with Gasteiger partial charge in [-0.1, -0.05) is 44.4 Å². The Labute approximate surface area is 128 Å². The Morgan fingerprint density at radius 1 is 1.20 bits per heavy atom. The quantitative estimate of drug-likeness (QED) is 0.749. The topological polar surface area (TPSA) is 12.0 Å². The van der Waals surface area contributed by atoms with Crippen molar-refractivity contribution in [1.29, 1.82) is 0 Å². The number of aryl methyl sites for hydroxylation is 1. The van der Waals surface area contributed by atoms with Crippen molar-refractivity contribution in [3.8, 4) is 0 Å². The maximum absolute atomic E-state index is 3.57. The molecule has 0 heterocycles. The Bertz CT molecular complexity index is 396. The Hall–Kier alpha value is -0.470. The molecule has 20 heavy (non-hydrogen) atoms. The zero-order valence-corrected chi connectivity index (χ0v) is 14.0. The zero-order valence-electron chi connectivity index (χ0n) is 13.2. The van der Waals surface area contributed by atoms with Crippen LogP contribution >= 0.6 is 11.8 Å². The van der Waals surface area contributed by atoms with Crippen molar-refractivity contribution in [3.05, 3.63) is 29.8 Å². The van der Waals surface area contributed by atoms with Crippen LogP contribution in [0.4, 0.5) is 0 Å². The number of hydrogen-bond acceptors (Lipinski definition) is 2. The summed E-state index contributed by atoms with van der Waals surface area (Å²) < 4.78 is 0. The first-order chi connectivity index (χ1) is 9.74. The molecule has 0 aromatic heterocycles. The first kappa shape index (κ1) is 15.9. The van der Waals surface area contributed by atoms with Crippen LogP contribution in [0.15, 0.2) is 29.2 Å². The third-order valence-corrected chi connectivity index (χ3v) is 6.22. The summed E-state index contributed by atoms with van der Waals surface area (Å²) in [5, 5.41) is 3.57. The van der Waals surface area contributed by atoms with Crippen molar-refractivity contribution < 1.29 is 0 Å². The summed E-state index contributed by atoms with van der Waals surface area (Å²) in [7, 11) is 2.13. The first-order valence-corrected chi connectivity index (χ1v) is 9.08. The van der Waals surface area contributed by atoms with Crippen LogP contribution in [0.25, 0.3) is 0 Å². The molecule has 0 radical (unpaired) electrons. The van der Waals surface area contributed by atoms with Crippen molar-refractivity contribution in [1.82, 2.24) is 5.32 Å². The van der Waals surface area contributed by atoms with Crippen LogP contribution in [0.1, 0.15) is 44.6 Å². The maximum Gasteiger partial charge on any atom is 0.0186 e. The summed E-state index contributed by atoms with van der Waals surface area (Å²) >= 11 is 2.02. The lowest BCUT2D eigenvalue weighted by Gasteiger charge is -2.33. The smallest absolute Gasteiger partial charge is 0.0186 e. The van der Waals surface area contributed by atoms with Crippen LogP contribution in [-0.2, 0) is 0 Å². The zero-order chi connectivity index (χ0) is 14.4. The lowest BCUT2D eigenvalue weighted by Crippen LogP contribution is -2.37. The van der Waals surface area contributed by atoms with Crippen LogP contribution in [0.3, 0.4) is 0 Å². The summed E-state index contributed by atoms with van der Waals surface area (Å²) in [6.07, 6.45) is 7.08. The molecule has 1 fully saturated rings. The van der Waals surface area contributed by atoms with E-state index >= 15 is 0 Å². The third kappa shape index (κ3) is 4.26. The minimum absolute atomic E-state index is 0.664. The van der Waals surface area contributed by atoms with Crippen molar-refractivity contribution >= 4 is 11.8 Å². The molecule has 1 nitrogen and oxygen atoms in total. The van der Waals surface area contributed by atoms with Crippen LogP contribution in [0.5, 0.6) is 0 Å². The van der Waals surface area contributed by atoms with Gasteiger partial charge in [0, 0.05) is 16.7 Å². The molecule has 1 aromatic rings. The summed E-state index contributed by atoms with van der Waals surface area (Å²) in [6.45, 7) is 4.55. The summed E-state index contributed by atoms with van der Waals surface area (Å²) in [4.78, 5) is 1.44. The van der Waals surface area contributed by atoms with E-state index in [2.05, 4.69) is 50.5 Å². The second-order valence-electron chi connectivity index (χ2n) is 6.16. The highest BCUT2D eigenvalue weighted by Gasteiger charge is 2.26. The molecular formula is C18H29NS. The van der Waals surface area contributed by atoms with Crippen LogP contribution in [-0.4, -0.2) is 18.8 Å². The number of nitrogens with one attached hydrogen (secondary N) is 1. The molecular weight excluding hydrogens is 262 g/mol. The lowest BCUT2D eigenvalue weighted by atomic mass is 9.78. The molecule has 1 aromatic carbocycles. The molecule has 0 bridgehead atoms. The van der Waals surface area contributed by atoms with Gasteiger partial charge in [0.05, 0.1) is 0 Å². The average Bonchev–Trinajstić information content (AvgIpc) is 2.50. The predicted octanol–water partition coefficient (Wildman–Crippen LogP) is 4.89. The number of thioether (sulfide) groups is 1. The fraction of sp³-hybridized carbons (Fsp3) is 0.667. The molecule has 1 saturated carbocycles. The maximum atomic E-state index is 3.57. The molecule has 0 spiro atoms. The van der Waals surface area contributed by atoms with Gasteiger partial charge in [-0.15, -0.1) is 11.8 Å². The molecule has 1 aliphatic carbocycles. The normalized spacial score (nSPS) is 24.6. The predicted molar refractivity (Wildman–Crippen MR) is 90.5 cm³/mol. The standard InChI is InChI=1S/C18H29NS/c1-4-15-9-11-16(12-10-15)17(19-3)13-20-18-8-6-5-7-14(18)2/h5-8,15-17,19H,4,9-13H2,1-3H3. The lowest BCUT2D eigenvalue weighted by molar-refractivity contribution is 0.233. The van der Waals surface area contributed by atoms with E-state index in [1.54, 1.807) is 0 Å². The van der Waals surface area contributed by atoms with E-state index in [1.165, 1.54) is 48.3 Å². The molecule has 0 aliphatic heterocycles. The summed E-state index contributed by atoms with van der Waals surface area (Å²) in [5.41, 5.74) is 1.40. The van der Waals surface area contributed by atoms with Gasteiger partial charge in [0.1, 0.15) is 0 Å². The van der Waals surface area contributed by atoms with E-state index in [0.29, 0.717) is 6.04 Å². The Kier molecular flexibility index (Phi) is 6.44. The minimum Gasteiger partial charge on any atom is -0.316 e. The first-order valence-electron chi connectivity index (χ1n) is 8.10. The molecule has 0 amide bonds. The molecule has 0 saturated heterocycles. The molecule has 112 valence electrons. The molecule has 1 N–H and O–H groups in total. The third-order valence-electron chi connectivity index (χ3n) is 4.92. The molecule has 1 unspecified atom stereocenters. The van der Waals surface area contributed by atoms with E-state index in [4.69, 9.17) is 0 Å². The van der Waals surface area contributed by atoms with E-state index in [0.717, 1.165) is 11.8 Å². The van der Waals surface area contributed by atoms with Gasteiger partial charge in [-0.3, -0.25) is 0 Å². The minimum atomic E-state index is 0.664. The molecule has 2 heteroatoms. The summed E-state index contributed by atoms with van der Waals surface area (Å²) in [6, 6.07) is 9.40. The van der Waals surface area contributed by atoms with Gasteiger partial charge in [0.25, 0.3) is 0 Å². The fourth-order valence-electron chi connectivity index (χ4n) is 3.35. The van der Waals surface area contributed by atoms with Crippen molar-refractivity contribution in [2.45, 2.75) is 56.9 Å². The van der Waals surface area contributed by atoms with Crippen molar-refractivity contribution in [2.75, 3.05) is 12.8 Å². The van der Waals surface area contributed by atoms with Crippen LogP contribution in [0.2, 0.25) is 0 Å². The van der Waals surface area contributed by atoms with Crippen molar-refractivity contribution in [3.63, 3.8) is 0 Å². The monoisotopic (exact) mass is 291 g/mol. The van der Waals surface area contributed by atoms with Gasteiger partial charge in [0.2, 0.25) is 0 Å². The van der Waals surface area contributed by atoms with Gasteiger partial charge in [-0.05, 0) is 50.3 Å². The second kappa shape index (κ2) is 8.09. The second-order valence-corrected chi connectivity index (χ2v) is 7.22. The highest BCUT2D eigenvalue weighted by molar-refractivity contribution is 7.99. The van der Waals surface area contributed by atoms with E-state index in [9.17, 15) is 0 Å². The highest BCUT2D eigenvalue weighted by atomic mass is 32.2. The van der Waals surface area contributed by atoms with Crippen molar-refractivity contribution in [2.24, 2.45) is 11.8 Å². The van der Waals surface area contributed by atoms with Crippen LogP contribution in [0, 0.1) is 18.8 Å². The van der Waals surface area contributed by atoms with E-state index in [-0.39, 0.29) is 0 Å². The Balaban J connectivity index is 1.85. The number of benzene rings is 1. The molecule has 1 atom stereocenters. The van der Waals surface area contributed by atoms with Gasteiger partial charge in [-0.25, -0.2) is 0 Å².